The average molecular weight is 155 g/mol. The number of nitrogens with one attached hydrogen (secondary N) is 1. The predicted octanol–water partition coefficient (Wildman–Crippen LogP) is -0.373. The molecule has 1 fully saturated rings. The van der Waals surface area contributed by atoms with Gasteiger partial charge in [0.05, 0.1) is 0 Å². The number of ether oxygens (including phenoxy) is 1. The third-order valence-electron chi connectivity index (χ3n) is 1.45. The molecule has 1 rings (SSSR count). The van der Waals surface area contributed by atoms with Gasteiger partial charge in [0.1, 0.15) is 17.7 Å². The minimum atomic E-state index is -0.363. The maximum Gasteiger partial charge on any atom is 0.260 e. The van der Waals surface area contributed by atoms with E-state index >= 15 is 0 Å². The highest BCUT2D eigenvalue weighted by Gasteiger charge is 2.27. The van der Waals surface area contributed by atoms with Gasteiger partial charge in [-0.25, -0.2) is 4.79 Å². The highest BCUT2D eigenvalue weighted by Crippen LogP contribution is 2.11. The average Bonchev–Trinajstić information content (AvgIpc) is 2.32. The molecule has 4 heteroatoms. The minimum Gasteiger partial charge on any atom is -0.358 e. The molecule has 0 bridgehead atoms. The maximum absolute atomic E-state index is 10.8. The van der Waals surface area contributed by atoms with Crippen LogP contribution < -0.4 is 5.32 Å². The van der Waals surface area contributed by atoms with E-state index in [1.165, 1.54) is 0 Å². The molecule has 4 nitrogen and oxygen atoms in total. The molecule has 60 valence electrons. The quantitative estimate of drug-likeness (QED) is 0.437. The van der Waals surface area contributed by atoms with Crippen molar-refractivity contribution in [3.05, 3.63) is 5.57 Å². The van der Waals surface area contributed by atoms with Gasteiger partial charge in [-0.15, -0.1) is 0 Å². The van der Waals surface area contributed by atoms with E-state index in [0.717, 1.165) is 0 Å². The van der Waals surface area contributed by atoms with Crippen LogP contribution in [0.3, 0.4) is 0 Å². The topological polar surface area (TPSA) is 55.4 Å². The molecule has 0 aromatic carbocycles. The first-order valence-corrected chi connectivity index (χ1v) is 3.44. The van der Waals surface area contributed by atoms with Crippen molar-refractivity contribution in [2.45, 2.75) is 19.6 Å². The summed E-state index contributed by atoms with van der Waals surface area (Å²) in [7, 11) is 0. The van der Waals surface area contributed by atoms with Crippen LogP contribution in [0, 0.1) is 0 Å². The Balaban J connectivity index is 2.57. The van der Waals surface area contributed by atoms with Gasteiger partial charge < -0.3 is 10.1 Å². The summed E-state index contributed by atoms with van der Waals surface area (Å²) in [6.07, 6.45) is -0.000139. The van der Waals surface area contributed by atoms with Crippen LogP contribution in [0.25, 0.3) is 0 Å². The Morgan fingerprint density at radius 2 is 2.55 bits per heavy atom. The van der Waals surface area contributed by atoms with E-state index in [4.69, 9.17) is 4.74 Å². The first-order valence-electron chi connectivity index (χ1n) is 3.44. The van der Waals surface area contributed by atoms with Crippen molar-refractivity contribution in [3.8, 4) is 0 Å². The fourth-order valence-corrected chi connectivity index (χ4v) is 0.952. The van der Waals surface area contributed by atoms with Crippen molar-refractivity contribution in [2.24, 2.45) is 0 Å². The first-order chi connectivity index (χ1) is 5.27. The van der Waals surface area contributed by atoms with Crippen LogP contribution in [-0.4, -0.2) is 24.7 Å². The normalized spacial score (nSPS) is 23.2. The van der Waals surface area contributed by atoms with Gasteiger partial charge in [-0.1, -0.05) is 0 Å². The highest BCUT2D eigenvalue weighted by molar-refractivity contribution is 6.02. The van der Waals surface area contributed by atoms with Crippen molar-refractivity contribution < 1.29 is 14.3 Å². The van der Waals surface area contributed by atoms with Crippen LogP contribution in [-0.2, 0) is 14.3 Å². The summed E-state index contributed by atoms with van der Waals surface area (Å²) in [6.45, 7) is 2.35. The fraction of sp³-hybridized carbons (Fsp3) is 0.571. The fourth-order valence-electron chi connectivity index (χ4n) is 0.952. The Morgan fingerprint density at radius 3 is 3.00 bits per heavy atom. The van der Waals surface area contributed by atoms with Gasteiger partial charge in [-0.05, 0) is 6.92 Å². The van der Waals surface area contributed by atoms with Gasteiger partial charge in [0.2, 0.25) is 0 Å². The van der Waals surface area contributed by atoms with Crippen LogP contribution >= 0.6 is 0 Å². The lowest BCUT2D eigenvalue weighted by Gasteiger charge is -2.07. The summed E-state index contributed by atoms with van der Waals surface area (Å²) >= 11 is 0. The molecule has 0 radical (unpaired) electrons. The van der Waals surface area contributed by atoms with Crippen molar-refractivity contribution in [1.82, 2.24) is 5.32 Å². The monoisotopic (exact) mass is 155 g/mol. The summed E-state index contributed by atoms with van der Waals surface area (Å²) in [5.41, 5.74) is 0.142. The van der Waals surface area contributed by atoms with E-state index < -0.39 is 0 Å². The lowest BCUT2D eigenvalue weighted by molar-refractivity contribution is -0.118. The molecule has 0 aromatic rings. The number of carbonyl (C=O) groups excluding carboxylic acids is 2. The number of amides is 1. The molecular weight excluding hydrogens is 146 g/mol. The van der Waals surface area contributed by atoms with Crippen LogP contribution in [0.4, 0.5) is 0 Å². The lowest BCUT2D eigenvalue weighted by atomic mass is 10.2. The van der Waals surface area contributed by atoms with Crippen molar-refractivity contribution in [1.29, 1.82) is 0 Å². The van der Waals surface area contributed by atoms with E-state index in [0.29, 0.717) is 13.0 Å². The smallest absolute Gasteiger partial charge is 0.260 e. The van der Waals surface area contributed by atoms with E-state index in [1.54, 1.807) is 5.94 Å². The van der Waals surface area contributed by atoms with Crippen LogP contribution in [0.15, 0.2) is 5.57 Å². The molecule has 0 aromatic heterocycles. The largest absolute Gasteiger partial charge is 0.358 e. The van der Waals surface area contributed by atoms with Crippen molar-refractivity contribution >= 4 is 11.8 Å². The van der Waals surface area contributed by atoms with Gasteiger partial charge in [0.25, 0.3) is 5.91 Å². The Labute approximate surface area is 64.2 Å². The summed E-state index contributed by atoms with van der Waals surface area (Å²) < 4.78 is 5.07. The number of hydrogen-bond acceptors (Lipinski definition) is 3. The molecular formula is C7H9NO3. The first kappa shape index (κ1) is 7.98. The van der Waals surface area contributed by atoms with Gasteiger partial charge in [-0.2, -0.15) is 0 Å². The van der Waals surface area contributed by atoms with E-state index in [9.17, 15) is 9.59 Å². The minimum absolute atomic E-state index is 0.142. The molecule has 0 aliphatic carbocycles. The van der Waals surface area contributed by atoms with Gasteiger partial charge >= 0.3 is 0 Å². The zero-order valence-electron chi connectivity index (χ0n) is 6.22. The molecule has 1 heterocycles. The second-order valence-corrected chi connectivity index (χ2v) is 2.20. The van der Waals surface area contributed by atoms with Gasteiger partial charge in [0, 0.05) is 13.0 Å². The molecule has 1 atom stereocenters. The third kappa shape index (κ3) is 1.67. The molecule has 0 saturated carbocycles. The summed E-state index contributed by atoms with van der Waals surface area (Å²) in [5.74, 6) is 1.21. The standard InChI is InChI=1S/C7H9NO3/c1-2-11-6-3-5(4-9)7(10)8-6/h6H,2-3H2,1H3,(H,8,10). The molecule has 1 aliphatic heterocycles. The molecule has 0 spiro atoms. The second-order valence-electron chi connectivity index (χ2n) is 2.20. The number of carbonyl (C=O) groups is 1. The Kier molecular flexibility index (Phi) is 2.41. The Hall–Kier alpha value is -1.12. The molecule has 1 amide bonds. The number of hydrogen-bond donors (Lipinski definition) is 1. The Morgan fingerprint density at radius 1 is 1.82 bits per heavy atom. The predicted molar refractivity (Wildman–Crippen MR) is 37.4 cm³/mol. The summed E-state index contributed by atoms with van der Waals surface area (Å²) in [6, 6.07) is 0. The van der Waals surface area contributed by atoms with Crippen LogP contribution in [0.5, 0.6) is 0 Å². The lowest BCUT2D eigenvalue weighted by Crippen LogP contribution is -2.27. The molecule has 1 aliphatic rings. The molecule has 1 saturated heterocycles. The zero-order valence-corrected chi connectivity index (χ0v) is 6.22. The van der Waals surface area contributed by atoms with E-state index in [-0.39, 0.29) is 17.7 Å². The van der Waals surface area contributed by atoms with Crippen LogP contribution in [0.1, 0.15) is 13.3 Å². The Bertz CT molecular complexity index is 218. The number of rotatable bonds is 2. The summed E-state index contributed by atoms with van der Waals surface area (Å²) in [4.78, 5) is 20.9. The zero-order chi connectivity index (χ0) is 8.27. The third-order valence-corrected chi connectivity index (χ3v) is 1.45. The highest BCUT2D eigenvalue weighted by atomic mass is 16.5. The van der Waals surface area contributed by atoms with Crippen LogP contribution in [0.2, 0.25) is 0 Å². The second kappa shape index (κ2) is 3.32. The van der Waals surface area contributed by atoms with E-state index in [2.05, 4.69) is 5.32 Å². The van der Waals surface area contributed by atoms with Gasteiger partial charge in [0.15, 0.2) is 0 Å². The van der Waals surface area contributed by atoms with Crippen molar-refractivity contribution in [2.75, 3.05) is 6.61 Å². The molecule has 11 heavy (non-hydrogen) atoms. The van der Waals surface area contributed by atoms with E-state index in [1.807, 2.05) is 6.92 Å². The summed E-state index contributed by atoms with van der Waals surface area (Å²) in [5, 5.41) is 2.50. The molecule has 1 unspecified atom stereocenters. The molecule has 1 N–H and O–H groups in total. The van der Waals surface area contributed by atoms with Gasteiger partial charge in [-0.3, -0.25) is 4.79 Å². The van der Waals surface area contributed by atoms with Crippen molar-refractivity contribution in [3.63, 3.8) is 0 Å². The maximum atomic E-state index is 10.8. The SMILES string of the molecule is CCOC1CC(=C=O)C(=O)N1.